The summed E-state index contributed by atoms with van der Waals surface area (Å²) in [6, 6.07) is 0. The van der Waals surface area contributed by atoms with Gasteiger partial charge in [-0.3, -0.25) is 37.3 Å². The predicted octanol–water partition coefficient (Wildman–Crippen LogP) is 20.7. The molecule has 0 aromatic heterocycles. The molecule has 0 aromatic rings. The molecule has 3 N–H and O–H groups in total. The topological polar surface area (TPSA) is 237 Å². The lowest BCUT2D eigenvalue weighted by molar-refractivity contribution is -0.161. The van der Waals surface area contributed by atoms with E-state index in [1.54, 1.807) is 0 Å². The molecule has 0 rings (SSSR count). The summed E-state index contributed by atoms with van der Waals surface area (Å²) in [5.41, 5.74) is 0. The van der Waals surface area contributed by atoms with Crippen LogP contribution in [0, 0.1) is 0 Å². The third kappa shape index (κ3) is 64.8. The van der Waals surface area contributed by atoms with Crippen LogP contribution in [0.2, 0.25) is 0 Å². The van der Waals surface area contributed by atoms with Gasteiger partial charge in [0.25, 0.3) is 0 Å². The molecule has 0 heterocycles. The average molecular weight is 1330 g/mol. The van der Waals surface area contributed by atoms with E-state index in [-0.39, 0.29) is 25.7 Å². The van der Waals surface area contributed by atoms with Crippen LogP contribution in [0.25, 0.3) is 0 Å². The number of carbonyl (C=O) groups is 4. The van der Waals surface area contributed by atoms with Gasteiger partial charge in [0.1, 0.15) is 19.3 Å². The van der Waals surface area contributed by atoms with E-state index in [2.05, 4.69) is 27.7 Å². The summed E-state index contributed by atoms with van der Waals surface area (Å²) in [4.78, 5) is 72.5. The SMILES string of the molecule is CCCCCCCCCCCCCCCCCC(=O)O[C@H](COC(=O)CCCCCCCCCCCCCCCC)COP(=O)(O)OC[C@@H](O)COP(=O)(O)OC[C@@H](COC(=O)CCCCCCCCCC)OC(=O)CCCCCCCCCCCCCCC. The van der Waals surface area contributed by atoms with Gasteiger partial charge >= 0.3 is 39.5 Å². The van der Waals surface area contributed by atoms with E-state index in [9.17, 15) is 43.2 Å². The molecule has 17 nitrogen and oxygen atoms in total. The molecule has 0 saturated heterocycles. The Morgan fingerprint density at radius 1 is 0.267 bits per heavy atom. The molecule has 0 aromatic carbocycles. The van der Waals surface area contributed by atoms with Crippen molar-refractivity contribution in [3.63, 3.8) is 0 Å². The van der Waals surface area contributed by atoms with Crippen LogP contribution in [-0.4, -0.2) is 96.7 Å². The zero-order valence-corrected chi connectivity index (χ0v) is 59.9. The van der Waals surface area contributed by atoms with Crippen LogP contribution in [0.1, 0.15) is 374 Å². The van der Waals surface area contributed by atoms with Crippen LogP contribution in [0.3, 0.4) is 0 Å². The number of hydrogen-bond donors (Lipinski definition) is 3. The highest BCUT2D eigenvalue weighted by atomic mass is 31.2. The van der Waals surface area contributed by atoms with Gasteiger partial charge in [0.15, 0.2) is 12.2 Å². The second kappa shape index (κ2) is 65.7. The Hall–Kier alpha value is -1.94. The molecule has 0 spiro atoms. The van der Waals surface area contributed by atoms with Crippen molar-refractivity contribution in [2.75, 3.05) is 39.6 Å². The summed E-state index contributed by atoms with van der Waals surface area (Å²) in [6.45, 7) is 4.94. The normalized spacial score (nSPS) is 14.0. The summed E-state index contributed by atoms with van der Waals surface area (Å²) in [6.07, 6.45) is 54.0. The van der Waals surface area contributed by atoms with Crippen LogP contribution in [0.5, 0.6) is 0 Å². The molecule has 0 bridgehead atoms. The smallest absolute Gasteiger partial charge is 0.462 e. The maximum atomic E-state index is 13.0. The van der Waals surface area contributed by atoms with Gasteiger partial charge in [0.2, 0.25) is 0 Å². The number of carbonyl (C=O) groups excluding carboxylic acids is 4. The van der Waals surface area contributed by atoms with Crippen LogP contribution < -0.4 is 0 Å². The molecule has 90 heavy (non-hydrogen) atoms. The summed E-state index contributed by atoms with van der Waals surface area (Å²) in [5.74, 6) is -2.12. The largest absolute Gasteiger partial charge is 0.472 e. The third-order valence-electron chi connectivity index (χ3n) is 16.6. The fraction of sp³-hybridized carbons (Fsp3) is 0.944. The van der Waals surface area contributed by atoms with Crippen molar-refractivity contribution in [1.82, 2.24) is 0 Å². The Balaban J connectivity index is 5.22. The van der Waals surface area contributed by atoms with Gasteiger partial charge < -0.3 is 33.8 Å². The molecule has 0 aliphatic carbocycles. The number of rotatable bonds is 72. The van der Waals surface area contributed by atoms with Gasteiger partial charge in [0, 0.05) is 25.7 Å². The van der Waals surface area contributed by atoms with E-state index >= 15 is 0 Å². The monoisotopic (exact) mass is 1320 g/mol. The highest BCUT2D eigenvalue weighted by Gasteiger charge is 2.30. The molecular formula is C71H138O17P2. The van der Waals surface area contributed by atoms with Gasteiger partial charge in [-0.05, 0) is 25.7 Å². The third-order valence-corrected chi connectivity index (χ3v) is 18.5. The number of hydrogen-bond acceptors (Lipinski definition) is 15. The molecule has 0 fully saturated rings. The summed E-state index contributed by atoms with van der Waals surface area (Å²) in [5, 5.41) is 10.6. The Morgan fingerprint density at radius 3 is 0.656 bits per heavy atom. The van der Waals surface area contributed by atoms with Gasteiger partial charge in [-0.2, -0.15) is 0 Å². The highest BCUT2D eigenvalue weighted by Crippen LogP contribution is 2.45. The fourth-order valence-electron chi connectivity index (χ4n) is 10.9. The number of aliphatic hydroxyl groups is 1. The van der Waals surface area contributed by atoms with E-state index in [1.807, 2.05) is 0 Å². The van der Waals surface area contributed by atoms with Crippen molar-refractivity contribution in [1.29, 1.82) is 0 Å². The van der Waals surface area contributed by atoms with E-state index in [1.165, 1.54) is 199 Å². The Labute approximate surface area is 549 Å². The minimum absolute atomic E-state index is 0.108. The van der Waals surface area contributed by atoms with Crippen molar-refractivity contribution in [2.24, 2.45) is 0 Å². The highest BCUT2D eigenvalue weighted by molar-refractivity contribution is 7.47. The first kappa shape index (κ1) is 88.1. The fourth-order valence-corrected chi connectivity index (χ4v) is 12.4. The molecule has 0 radical (unpaired) electrons. The molecule has 534 valence electrons. The molecule has 19 heteroatoms. The van der Waals surface area contributed by atoms with Crippen LogP contribution in [0.15, 0.2) is 0 Å². The number of ether oxygens (including phenoxy) is 4. The quantitative estimate of drug-likeness (QED) is 0.0222. The van der Waals surface area contributed by atoms with E-state index < -0.39 is 97.5 Å². The van der Waals surface area contributed by atoms with Crippen molar-refractivity contribution >= 4 is 39.5 Å². The van der Waals surface area contributed by atoms with Crippen LogP contribution >= 0.6 is 15.6 Å². The molecule has 5 atom stereocenters. The predicted molar refractivity (Wildman–Crippen MR) is 363 cm³/mol. The van der Waals surface area contributed by atoms with Gasteiger partial charge in [0.05, 0.1) is 26.4 Å². The lowest BCUT2D eigenvalue weighted by atomic mass is 10.0. The average Bonchev–Trinajstić information content (AvgIpc) is 2.74. The Kier molecular flexibility index (Phi) is 64.3. The molecule has 0 amide bonds. The van der Waals surface area contributed by atoms with Gasteiger partial charge in [-0.1, -0.05) is 323 Å². The standard InChI is InChI=1S/C71H138O17P2/c1-5-9-13-17-21-25-28-31-33-36-39-42-46-50-54-58-71(76)88-67(62-82-69(74)56-52-48-44-40-37-35-32-29-26-22-18-14-10-6-2)64-86-90(79,80)84-60-65(72)59-83-89(77,78)85-63-66(61-81-68(73)55-51-47-43-24-20-16-12-8-4)87-70(75)57-53-49-45-41-38-34-30-27-23-19-15-11-7-3/h65-67,72H,5-64H2,1-4H3,(H,77,78)(H,79,80)/t65-,66+,67+/m0/s1. The minimum Gasteiger partial charge on any atom is -0.462 e. The summed E-state index contributed by atoms with van der Waals surface area (Å²) in [7, 11) is -9.90. The van der Waals surface area contributed by atoms with Crippen molar-refractivity contribution in [2.45, 2.75) is 393 Å². The van der Waals surface area contributed by atoms with E-state index in [4.69, 9.17) is 37.0 Å². The Morgan fingerprint density at radius 2 is 0.444 bits per heavy atom. The molecule has 0 aliphatic rings. The molecule has 0 saturated carbocycles. The van der Waals surface area contributed by atoms with Crippen molar-refractivity contribution in [3.05, 3.63) is 0 Å². The number of phosphoric acid groups is 2. The minimum atomic E-state index is -4.95. The molecule has 0 aliphatic heterocycles. The molecule has 2 unspecified atom stereocenters. The van der Waals surface area contributed by atoms with E-state index in [0.717, 1.165) is 96.3 Å². The first-order chi connectivity index (χ1) is 43.7. The lowest BCUT2D eigenvalue weighted by Crippen LogP contribution is -2.30. The summed E-state index contributed by atoms with van der Waals surface area (Å²) >= 11 is 0. The second-order valence-corrected chi connectivity index (χ2v) is 28.5. The maximum Gasteiger partial charge on any atom is 0.472 e. The first-order valence-corrected chi connectivity index (χ1v) is 40.3. The number of aliphatic hydroxyl groups excluding tert-OH is 1. The number of phosphoric ester groups is 2. The van der Waals surface area contributed by atoms with E-state index in [0.29, 0.717) is 25.7 Å². The number of esters is 4. The van der Waals surface area contributed by atoms with Gasteiger partial charge in [-0.15, -0.1) is 0 Å². The van der Waals surface area contributed by atoms with Crippen molar-refractivity contribution in [3.8, 4) is 0 Å². The zero-order chi connectivity index (χ0) is 66.1. The Bertz CT molecular complexity index is 1720. The maximum absolute atomic E-state index is 13.0. The van der Waals surface area contributed by atoms with Crippen molar-refractivity contribution < 1.29 is 80.2 Å². The van der Waals surface area contributed by atoms with Gasteiger partial charge in [-0.25, -0.2) is 9.13 Å². The lowest BCUT2D eigenvalue weighted by Gasteiger charge is -2.21. The molecular weight excluding hydrogens is 1190 g/mol. The second-order valence-electron chi connectivity index (χ2n) is 25.6. The van der Waals surface area contributed by atoms with Crippen LogP contribution in [0.4, 0.5) is 0 Å². The number of unbranched alkanes of at least 4 members (excludes halogenated alkanes) is 46. The first-order valence-electron chi connectivity index (χ1n) is 37.3. The van der Waals surface area contributed by atoms with Crippen LogP contribution in [-0.2, 0) is 65.4 Å². The zero-order valence-electron chi connectivity index (χ0n) is 58.1. The summed E-state index contributed by atoms with van der Waals surface area (Å²) < 4.78 is 68.3.